The van der Waals surface area contributed by atoms with Gasteiger partial charge in [-0.1, -0.05) is 40.5 Å². The van der Waals surface area contributed by atoms with E-state index in [1.165, 1.54) is 22.3 Å². The molecule has 164 valence electrons. The van der Waals surface area contributed by atoms with Crippen molar-refractivity contribution in [3.05, 3.63) is 76.4 Å². The van der Waals surface area contributed by atoms with E-state index in [0.29, 0.717) is 17.7 Å². The Hall–Kier alpha value is -2.55. The van der Waals surface area contributed by atoms with Gasteiger partial charge < -0.3 is 10.5 Å². The van der Waals surface area contributed by atoms with E-state index in [-0.39, 0.29) is 12.1 Å². The fourth-order valence-electron chi connectivity index (χ4n) is 2.97. The molecule has 3 heteroatoms. The minimum absolute atomic E-state index is 0.278. The maximum Gasteiger partial charge on any atom is 0.338 e. The first kappa shape index (κ1) is 25.5. The fraction of sp³-hybridized carbons (Fsp3) is 0.444. The van der Waals surface area contributed by atoms with Crippen LogP contribution in [0, 0.1) is 0 Å². The number of hydrogen-bond acceptors (Lipinski definition) is 3. The number of esters is 1. The van der Waals surface area contributed by atoms with Gasteiger partial charge in [0.2, 0.25) is 0 Å². The molecule has 1 rings (SSSR count). The number of nitrogen functional groups attached to an aromatic ring is 1. The van der Waals surface area contributed by atoms with Crippen LogP contribution in [0.1, 0.15) is 84.0 Å². The summed E-state index contributed by atoms with van der Waals surface area (Å²) in [6.07, 6.45) is 13.2. The number of carbonyl (C=O) groups is 1. The summed E-state index contributed by atoms with van der Waals surface area (Å²) in [5, 5.41) is 0. The molecule has 0 aliphatic rings. The van der Waals surface area contributed by atoms with Gasteiger partial charge in [0.25, 0.3) is 0 Å². The van der Waals surface area contributed by atoms with Crippen molar-refractivity contribution in [2.24, 2.45) is 0 Å². The van der Waals surface area contributed by atoms with Crippen molar-refractivity contribution in [3.63, 3.8) is 0 Å². The Morgan fingerprint density at radius 1 is 0.867 bits per heavy atom. The number of ether oxygens (including phenoxy) is 1. The molecule has 1 aromatic carbocycles. The zero-order chi connectivity index (χ0) is 22.5. The first-order valence-corrected chi connectivity index (χ1v) is 10.8. The second-order valence-electron chi connectivity index (χ2n) is 8.51. The highest BCUT2D eigenvalue weighted by Gasteiger charge is 2.14. The van der Waals surface area contributed by atoms with E-state index < -0.39 is 0 Å². The topological polar surface area (TPSA) is 52.3 Å². The Morgan fingerprint density at radius 2 is 1.40 bits per heavy atom. The van der Waals surface area contributed by atoms with Gasteiger partial charge in [-0.25, -0.2) is 4.79 Å². The summed E-state index contributed by atoms with van der Waals surface area (Å²) in [5.41, 5.74) is 12.1. The molecule has 0 aliphatic carbocycles. The molecule has 2 N–H and O–H groups in total. The highest BCUT2D eigenvalue weighted by molar-refractivity contribution is 5.90. The molecule has 0 heterocycles. The van der Waals surface area contributed by atoms with Crippen LogP contribution in [-0.4, -0.2) is 12.1 Å². The maximum absolute atomic E-state index is 12.6. The van der Waals surface area contributed by atoms with Gasteiger partial charge in [0.1, 0.15) is 6.10 Å². The van der Waals surface area contributed by atoms with Crippen LogP contribution in [0.15, 0.2) is 70.9 Å². The van der Waals surface area contributed by atoms with E-state index >= 15 is 0 Å². The zero-order valence-electron chi connectivity index (χ0n) is 19.6. The van der Waals surface area contributed by atoms with E-state index in [4.69, 9.17) is 10.5 Å². The third-order valence-electron chi connectivity index (χ3n) is 4.76. The highest BCUT2D eigenvalue weighted by Crippen LogP contribution is 2.16. The molecule has 3 nitrogen and oxygen atoms in total. The number of hydrogen-bond donors (Lipinski definition) is 1. The van der Waals surface area contributed by atoms with Crippen molar-refractivity contribution >= 4 is 11.7 Å². The molecule has 30 heavy (non-hydrogen) atoms. The van der Waals surface area contributed by atoms with Crippen molar-refractivity contribution in [2.75, 3.05) is 5.73 Å². The average Bonchev–Trinajstić information content (AvgIpc) is 2.66. The van der Waals surface area contributed by atoms with Gasteiger partial charge in [-0.15, -0.1) is 0 Å². The largest absolute Gasteiger partial charge is 0.454 e. The number of anilines is 1. The lowest BCUT2D eigenvalue weighted by Crippen LogP contribution is -2.16. The minimum Gasteiger partial charge on any atom is -0.454 e. The summed E-state index contributed by atoms with van der Waals surface area (Å²) < 4.78 is 5.84. The van der Waals surface area contributed by atoms with Gasteiger partial charge in [-0.2, -0.15) is 0 Å². The summed E-state index contributed by atoms with van der Waals surface area (Å²) in [6, 6.07) is 6.86. The van der Waals surface area contributed by atoms with Gasteiger partial charge in [-0.05, 0) is 97.6 Å². The monoisotopic (exact) mass is 409 g/mol. The van der Waals surface area contributed by atoms with E-state index in [1.54, 1.807) is 24.3 Å². The third kappa shape index (κ3) is 11.5. The molecule has 1 aromatic rings. The predicted molar refractivity (Wildman–Crippen MR) is 130 cm³/mol. The van der Waals surface area contributed by atoms with E-state index in [1.807, 2.05) is 0 Å². The quantitative estimate of drug-likeness (QED) is 0.233. The van der Waals surface area contributed by atoms with Gasteiger partial charge in [0.05, 0.1) is 5.56 Å². The SMILES string of the molecule is CC(C)=CCC/C(C)=C/CC(/C=C(\C)CCC=C(C)C)OC(=O)c1ccc(N)cc1. The second kappa shape index (κ2) is 13.6. The average molecular weight is 410 g/mol. The van der Waals surface area contributed by atoms with Gasteiger partial charge in [0, 0.05) is 12.1 Å². The van der Waals surface area contributed by atoms with E-state index in [0.717, 1.165) is 25.7 Å². The lowest BCUT2D eigenvalue weighted by atomic mass is 10.0. The lowest BCUT2D eigenvalue weighted by Gasteiger charge is -2.15. The maximum atomic E-state index is 12.6. The molecule has 0 bridgehead atoms. The molecule has 0 aromatic heterocycles. The molecular weight excluding hydrogens is 370 g/mol. The number of rotatable bonds is 11. The summed E-state index contributed by atoms with van der Waals surface area (Å²) >= 11 is 0. The van der Waals surface area contributed by atoms with Crippen molar-refractivity contribution in [1.29, 1.82) is 0 Å². The molecule has 1 unspecified atom stereocenters. The first-order valence-electron chi connectivity index (χ1n) is 10.8. The molecule has 1 atom stereocenters. The molecule has 0 spiro atoms. The lowest BCUT2D eigenvalue weighted by molar-refractivity contribution is 0.0398. The van der Waals surface area contributed by atoms with Crippen LogP contribution in [0.4, 0.5) is 5.69 Å². The highest BCUT2D eigenvalue weighted by atomic mass is 16.5. The molecule has 0 saturated heterocycles. The Bertz CT molecular complexity index is 787. The second-order valence-corrected chi connectivity index (χ2v) is 8.51. The summed E-state index contributed by atoms with van der Waals surface area (Å²) in [4.78, 5) is 12.6. The Labute approximate surface area is 183 Å². The number of allylic oxidation sites excluding steroid dienone is 6. The normalized spacial score (nSPS) is 12.9. The van der Waals surface area contributed by atoms with Crippen molar-refractivity contribution in [3.8, 4) is 0 Å². The van der Waals surface area contributed by atoms with Crippen LogP contribution in [0.25, 0.3) is 0 Å². The van der Waals surface area contributed by atoms with E-state index in [9.17, 15) is 4.79 Å². The van der Waals surface area contributed by atoms with Crippen LogP contribution >= 0.6 is 0 Å². The standard InChI is InChI=1S/C27H39NO2/c1-20(2)9-7-11-22(5)13-18-26(19-23(6)12-8-10-21(3)4)30-27(29)24-14-16-25(28)17-15-24/h9-10,13-17,19,26H,7-8,11-12,18,28H2,1-6H3/b22-13+,23-19+. The molecule has 0 saturated carbocycles. The number of carbonyl (C=O) groups excluding carboxylic acids is 1. The van der Waals surface area contributed by atoms with Crippen molar-refractivity contribution in [1.82, 2.24) is 0 Å². The van der Waals surface area contributed by atoms with Crippen LogP contribution in [0.3, 0.4) is 0 Å². The third-order valence-corrected chi connectivity index (χ3v) is 4.76. The minimum atomic E-state index is -0.316. The van der Waals surface area contributed by atoms with Crippen LogP contribution in [0.2, 0.25) is 0 Å². The molecular formula is C27H39NO2. The van der Waals surface area contributed by atoms with Crippen LogP contribution in [0.5, 0.6) is 0 Å². The van der Waals surface area contributed by atoms with Crippen molar-refractivity contribution < 1.29 is 9.53 Å². The van der Waals surface area contributed by atoms with Crippen molar-refractivity contribution in [2.45, 2.75) is 79.8 Å². The summed E-state index contributed by atoms with van der Waals surface area (Å²) in [6.45, 7) is 12.7. The van der Waals surface area contributed by atoms with E-state index in [2.05, 4.69) is 65.8 Å². The van der Waals surface area contributed by atoms with Gasteiger partial charge in [-0.3, -0.25) is 0 Å². The van der Waals surface area contributed by atoms with Gasteiger partial charge >= 0.3 is 5.97 Å². The summed E-state index contributed by atoms with van der Waals surface area (Å²) in [7, 11) is 0. The Kier molecular flexibility index (Phi) is 11.6. The smallest absolute Gasteiger partial charge is 0.338 e. The Morgan fingerprint density at radius 3 is 1.93 bits per heavy atom. The molecule has 0 radical (unpaired) electrons. The molecule has 0 aliphatic heterocycles. The number of benzene rings is 1. The van der Waals surface area contributed by atoms with Crippen LogP contribution in [-0.2, 0) is 4.74 Å². The summed E-state index contributed by atoms with van der Waals surface area (Å²) in [5.74, 6) is -0.316. The predicted octanol–water partition coefficient (Wildman–Crippen LogP) is 7.57. The van der Waals surface area contributed by atoms with Gasteiger partial charge in [0.15, 0.2) is 0 Å². The molecule has 0 fully saturated rings. The Balaban J connectivity index is 2.86. The zero-order valence-corrected chi connectivity index (χ0v) is 19.6. The first-order chi connectivity index (χ1) is 14.2. The fourth-order valence-corrected chi connectivity index (χ4v) is 2.97. The molecule has 0 amide bonds. The number of nitrogens with two attached hydrogens (primary N) is 1. The van der Waals surface area contributed by atoms with Crippen LogP contribution < -0.4 is 5.73 Å².